The molecule has 0 spiro atoms. The van der Waals surface area contributed by atoms with Gasteiger partial charge in [-0.15, -0.1) is 0 Å². The second kappa shape index (κ2) is 7.25. The number of nitrogens with zero attached hydrogens (tertiary/aromatic N) is 2. The van der Waals surface area contributed by atoms with Gasteiger partial charge in [0.15, 0.2) is 0 Å². The summed E-state index contributed by atoms with van der Waals surface area (Å²) in [6.45, 7) is 0.695. The first-order valence-electron chi connectivity index (χ1n) is 10.3. The average Bonchev–Trinajstić information content (AvgIpc) is 3.36. The number of nitrogen functional groups attached to an aromatic ring is 1. The SMILES string of the molecule is N=C(N)c1ccc([C@H]2[C@H]3C(=O)N(Cc4ccc(F)cc4)C(=O)[C@H]3[C@H]3[C@H](O)CCN32)cc1. The summed E-state index contributed by atoms with van der Waals surface area (Å²) in [5.74, 6) is -2.15. The van der Waals surface area contributed by atoms with Gasteiger partial charge in [-0.1, -0.05) is 36.4 Å². The molecule has 0 unspecified atom stereocenters. The predicted molar refractivity (Wildman–Crippen MR) is 110 cm³/mol. The molecule has 5 atom stereocenters. The summed E-state index contributed by atoms with van der Waals surface area (Å²) in [5, 5.41) is 18.2. The number of hydrogen-bond donors (Lipinski definition) is 3. The van der Waals surface area contributed by atoms with Gasteiger partial charge in [-0.05, 0) is 29.7 Å². The molecule has 0 aromatic heterocycles. The first-order chi connectivity index (χ1) is 14.9. The molecule has 2 amide bonds. The Morgan fingerprint density at radius 2 is 1.71 bits per heavy atom. The Bertz CT molecular complexity index is 1060. The van der Waals surface area contributed by atoms with Gasteiger partial charge in [-0.25, -0.2) is 4.39 Å². The lowest BCUT2D eigenvalue weighted by Crippen LogP contribution is -2.41. The smallest absolute Gasteiger partial charge is 0.235 e. The molecule has 3 saturated heterocycles. The van der Waals surface area contributed by atoms with Crippen LogP contribution in [0.1, 0.15) is 29.2 Å². The summed E-state index contributed by atoms with van der Waals surface area (Å²) < 4.78 is 13.2. The fraction of sp³-hybridized carbons (Fsp3) is 0.348. The standard InChI is InChI=1S/C23H23FN4O3/c24-15-7-1-12(2-8-15)11-28-22(30)17-18(23(28)31)20-16(29)9-10-27(20)19(17)13-3-5-14(6-4-13)21(25)26/h1-8,16-20,29H,9-11H2,(H3,25,26)/t16-,17+,18-,19+,20-/m1/s1. The Hall–Kier alpha value is -3.10. The summed E-state index contributed by atoms with van der Waals surface area (Å²) in [6, 6.07) is 12.2. The number of likely N-dealkylation sites (tertiary alicyclic amines) is 1. The van der Waals surface area contributed by atoms with Crippen molar-refractivity contribution in [3.8, 4) is 0 Å². The van der Waals surface area contributed by atoms with Crippen LogP contribution in [-0.4, -0.2) is 51.2 Å². The van der Waals surface area contributed by atoms with E-state index in [1.165, 1.54) is 17.0 Å². The number of nitrogens with one attached hydrogen (secondary N) is 1. The van der Waals surface area contributed by atoms with Gasteiger partial charge in [0.2, 0.25) is 11.8 Å². The zero-order chi connectivity index (χ0) is 21.9. The highest BCUT2D eigenvalue weighted by Gasteiger charge is 2.65. The third kappa shape index (κ3) is 3.05. The van der Waals surface area contributed by atoms with Crippen molar-refractivity contribution < 1.29 is 19.1 Å². The zero-order valence-electron chi connectivity index (χ0n) is 16.7. The van der Waals surface area contributed by atoms with Crippen molar-refractivity contribution in [1.82, 2.24) is 9.80 Å². The Morgan fingerprint density at radius 1 is 1.06 bits per heavy atom. The Labute approximate surface area is 178 Å². The van der Waals surface area contributed by atoms with Gasteiger partial charge in [0.25, 0.3) is 0 Å². The van der Waals surface area contributed by atoms with Crippen LogP contribution >= 0.6 is 0 Å². The number of amidine groups is 1. The number of nitrogens with two attached hydrogens (primary N) is 1. The minimum Gasteiger partial charge on any atom is -0.391 e. The highest BCUT2D eigenvalue weighted by molar-refractivity contribution is 6.06. The van der Waals surface area contributed by atoms with E-state index in [0.717, 1.165) is 5.56 Å². The largest absolute Gasteiger partial charge is 0.391 e. The van der Waals surface area contributed by atoms with Crippen LogP contribution in [0, 0.1) is 23.1 Å². The quantitative estimate of drug-likeness (QED) is 0.392. The van der Waals surface area contributed by atoms with Crippen molar-refractivity contribution in [1.29, 1.82) is 5.41 Å². The number of carbonyl (C=O) groups is 2. The monoisotopic (exact) mass is 422 g/mol. The first-order valence-corrected chi connectivity index (χ1v) is 10.3. The van der Waals surface area contributed by atoms with Gasteiger partial charge < -0.3 is 10.8 Å². The fourth-order valence-corrected chi connectivity index (χ4v) is 5.45. The van der Waals surface area contributed by atoms with Crippen LogP contribution in [-0.2, 0) is 16.1 Å². The molecule has 2 aromatic carbocycles. The molecule has 0 radical (unpaired) electrons. The van der Waals surface area contributed by atoms with Crippen LogP contribution in [0.2, 0.25) is 0 Å². The van der Waals surface area contributed by atoms with Crippen LogP contribution in [0.3, 0.4) is 0 Å². The zero-order valence-corrected chi connectivity index (χ0v) is 16.7. The summed E-state index contributed by atoms with van der Waals surface area (Å²) in [7, 11) is 0. The summed E-state index contributed by atoms with van der Waals surface area (Å²) in [6.07, 6.45) is -0.119. The molecule has 0 aliphatic carbocycles. The van der Waals surface area contributed by atoms with E-state index in [2.05, 4.69) is 4.90 Å². The first kappa shape index (κ1) is 19.8. The number of benzene rings is 2. The number of aliphatic hydroxyl groups is 1. The lowest BCUT2D eigenvalue weighted by Gasteiger charge is -2.29. The van der Waals surface area contributed by atoms with Crippen molar-refractivity contribution in [2.24, 2.45) is 17.6 Å². The summed E-state index contributed by atoms with van der Waals surface area (Å²) in [4.78, 5) is 30.1. The van der Waals surface area contributed by atoms with E-state index < -0.39 is 24.0 Å². The molecule has 0 bridgehead atoms. The number of imide groups is 1. The van der Waals surface area contributed by atoms with Crippen LogP contribution in [0.4, 0.5) is 4.39 Å². The van der Waals surface area contributed by atoms with Crippen LogP contribution < -0.4 is 5.73 Å². The van der Waals surface area contributed by atoms with Crippen LogP contribution in [0.25, 0.3) is 0 Å². The van der Waals surface area contributed by atoms with Crippen LogP contribution in [0.5, 0.6) is 0 Å². The Balaban J connectivity index is 1.50. The maximum absolute atomic E-state index is 13.4. The van der Waals surface area contributed by atoms with Crippen molar-refractivity contribution in [3.05, 3.63) is 71.0 Å². The van der Waals surface area contributed by atoms with Crippen molar-refractivity contribution in [2.45, 2.75) is 31.2 Å². The van der Waals surface area contributed by atoms with Gasteiger partial charge in [-0.3, -0.25) is 24.8 Å². The second-order valence-corrected chi connectivity index (χ2v) is 8.51. The molecule has 4 N–H and O–H groups in total. The number of amides is 2. The van der Waals surface area contributed by atoms with Gasteiger partial charge in [0.05, 0.1) is 24.5 Å². The van der Waals surface area contributed by atoms with E-state index in [1.807, 2.05) is 12.1 Å². The lowest BCUT2D eigenvalue weighted by atomic mass is 9.84. The number of rotatable bonds is 4. The minimum atomic E-state index is -0.670. The Kier molecular flexibility index (Phi) is 4.64. The molecule has 5 rings (SSSR count). The van der Waals surface area contributed by atoms with Gasteiger partial charge >= 0.3 is 0 Å². The fourth-order valence-electron chi connectivity index (χ4n) is 5.45. The molecule has 3 aliphatic rings. The van der Waals surface area contributed by atoms with E-state index >= 15 is 0 Å². The topological polar surface area (TPSA) is 111 Å². The molecule has 0 saturated carbocycles. The van der Waals surface area contributed by atoms with E-state index in [4.69, 9.17) is 11.1 Å². The summed E-state index contributed by atoms with van der Waals surface area (Å²) in [5.41, 5.74) is 7.68. The molecule has 160 valence electrons. The number of aliphatic hydroxyl groups excluding tert-OH is 1. The molecule has 7 nitrogen and oxygen atoms in total. The molecule has 2 aromatic rings. The number of halogens is 1. The van der Waals surface area contributed by atoms with E-state index in [1.54, 1.807) is 24.3 Å². The maximum Gasteiger partial charge on any atom is 0.235 e. The predicted octanol–water partition coefficient (Wildman–Crippen LogP) is 1.40. The molecular weight excluding hydrogens is 399 g/mol. The van der Waals surface area contributed by atoms with Crippen molar-refractivity contribution >= 4 is 17.6 Å². The molecular formula is C23H23FN4O3. The average molecular weight is 422 g/mol. The normalized spacial score (nSPS) is 30.0. The molecule has 3 fully saturated rings. The second-order valence-electron chi connectivity index (χ2n) is 8.51. The van der Waals surface area contributed by atoms with E-state index in [-0.39, 0.29) is 36.1 Å². The van der Waals surface area contributed by atoms with Crippen molar-refractivity contribution in [3.63, 3.8) is 0 Å². The summed E-state index contributed by atoms with van der Waals surface area (Å²) >= 11 is 0. The number of fused-ring (bicyclic) bond motifs is 3. The number of hydrogen-bond acceptors (Lipinski definition) is 5. The van der Waals surface area contributed by atoms with Gasteiger partial charge in [0, 0.05) is 24.2 Å². The van der Waals surface area contributed by atoms with Crippen LogP contribution in [0.15, 0.2) is 48.5 Å². The maximum atomic E-state index is 13.4. The Morgan fingerprint density at radius 3 is 2.35 bits per heavy atom. The van der Waals surface area contributed by atoms with E-state index in [0.29, 0.717) is 24.1 Å². The third-order valence-corrected chi connectivity index (χ3v) is 6.83. The molecule has 3 aliphatic heterocycles. The molecule has 31 heavy (non-hydrogen) atoms. The number of carbonyl (C=O) groups excluding carboxylic acids is 2. The highest BCUT2D eigenvalue weighted by Crippen LogP contribution is 2.53. The van der Waals surface area contributed by atoms with Gasteiger partial charge in [0.1, 0.15) is 11.7 Å². The third-order valence-electron chi connectivity index (χ3n) is 6.83. The highest BCUT2D eigenvalue weighted by atomic mass is 19.1. The molecule has 3 heterocycles. The lowest BCUT2D eigenvalue weighted by molar-refractivity contribution is -0.142. The van der Waals surface area contributed by atoms with Gasteiger partial charge in [-0.2, -0.15) is 0 Å². The molecule has 8 heteroatoms. The van der Waals surface area contributed by atoms with Crippen molar-refractivity contribution in [2.75, 3.05) is 6.54 Å². The minimum absolute atomic E-state index is 0.0390. The van der Waals surface area contributed by atoms with E-state index in [9.17, 15) is 19.1 Å².